The second kappa shape index (κ2) is 12.1. The summed E-state index contributed by atoms with van der Waals surface area (Å²) < 4.78 is 20.9. The fraction of sp³-hybridized carbons (Fsp3) is 1.00. The van der Waals surface area contributed by atoms with Crippen LogP contribution in [0.1, 0.15) is 52.4 Å². The first-order valence-corrected chi connectivity index (χ1v) is 7.23. The van der Waals surface area contributed by atoms with Crippen molar-refractivity contribution in [3.63, 3.8) is 0 Å². The van der Waals surface area contributed by atoms with Crippen molar-refractivity contribution in [3.05, 3.63) is 0 Å². The van der Waals surface area contributed by atoms with Gasteiger partial charge in [0.15, 0.2) is 0 Å². The van der Waals surface area contributed by atoms with E-state index in [2.05, 4.69) is 13.8 Å². The number of hydrogen-bond acceptors (Lipinski definition) is 3. The van der Waals surface area contributed by atoms with E-state index < -0.39 is 7.82 Å². The van der Waals surface area contributed by atoms with Crippen molar-refractivity contribution in [2.75, 3.05) is 13.2 Å². The minimum atomic E-state index is -3.77. The van der Waals surface area contributed by atoms with Crippen LogP contribution in [-0.4, -0.2) is 18.1 Å². The van der Waals surface area contributed by atoms with Gasteiger partial charge in [-0.15, -0.1) is 0 Å². The summed E-state index contributed by atoms with van der Waals surface area (Å²) in [4.78, 5) is 9.22. The number of phosphoric ester groups is 1. The molecule has 0 heterocycles. The normalized spacial score (nSPS) is 11.2. The second-order valence-corrected chi connectivity index (χ2v) is 5.00. The van der Waals surface area contributed by atoms with Gasteiger partial charge in [-0.1, -0.05) is 39.5 Å². The zero-order chi connectivity index (χ0) is 11.6. The second-order valence-electron chi connectivity index (χ2n) is 3.55. The molecular formula is C10H23NiO4P. The van der Waals surface area contributed by atoms with Crippen LogP contribution in [0.5, 0.6) is 0 Å². The van der Waals surface area contributed by atoms with Crippen molar-refractivity contribution in [2.24, 2.45) is 0 Å². The third-order valence-corrected chi connectivity index (χ3v) is 3.02. The van der Waals surface area contributed by atoms with Crippen LogP contribution in [-0.2, 0) is 30.1 Å². The van der Waals surface area contributed by atoms with Gasteiger partial charge in [0, 0.05) is 16.5 Å². The Labute approximate surface area is 109 Å². The Balaban J connectivity index is 0. The van der Waals surface area contributed by atoms with Crippen LogP contribution in [0.2, 0.25) is 0 Å². The molecule has 1 N–H and O–H groups in total. The number of unbranched alkanes of at least 4 members (excludes halogenated alkanes) is 4. The molecule has 102 valence electrons. The molecule has 0 saturated heterocycles. The van der Waals surface area contributed by atoms with Gasteiger partial charge in [0.1, 0.15) is 0 Å². The molecule has 0 spiro atoms. The minimum absolute atomic E-state index is 0. The van der Waals surface area contributed by atoms with Crippen LogP contribution < -0.4 is 0 Å². The fourth-order valence-corrected chi connectivity index (χ4v) is 1.90. The van der Waals surface area contributed by atoms with E-state index in [4.69, 9.17) is 9.05 Å². The van der Waals surface area contributed by atoms with Crippen LogP contribution in [0, 0.1) is 0 Å². The van der Waals surface area contributed by atoms with Gasteiger partial charge >= 0.3 is 7.82 Å². The summed E-state index contributed by atoms with van der Waals surface area (Å²) in [6.45, 7) is 4.74. The van der Waals surface area contributed by atoms with E-state index in [9.17, 15) is 9.46 Å². The van der Waals surface area contributed by atoms with Crippen molar-refractivity contribution in [3.8, 4) is 0 Å². The molecule has 0 saturated carbocycles. The Morgan fingerprint density at radius 1 is 0.938 bits per heavy atom. The molecule has 0 bridgehead atoms. The van der Waals surface area contributed by atoms with Gasteiger partial charge < -0.3 is 4.89 Å². The molecule has 0 aliphatic rings. The fourth-order valence-electron chi connectivity index (χ4n) is 1.10. The summed E-state index contributed by atoms with van der Waals surface area (Å²) in [5, 5.41) is 0. The first-order chi connectivity index (χ1) is 7.12. The first-order valence-electron chi connectivity index (χ1n) is 5.74. The van der Waals surface area contributed by atoms with Gasteiger partial charge in [0.25, 0.3) is 0 Å². The van der Waals surface area contributed by atoms with E-state index in [0.717, 1.165) is 38.5 Å². The summed E-state index contributed by atoms with van der Waals surface area (Å²) in [5.74, 6) is 0. The molecule has 16 heavy (non-hydrogen) atoms. The first kappa shape index (κ1) is 19.0. The van der Waals surface area contributed by atoms with E-state index >= 15 is 0 Å². The van der Waals surface area contributed by atoms with Crippen molar-refractivity contribution in [1.29, 1.82) is 0 Å². The minimum Gasteiger partial charge on any atom is -0.302 e. The van der Waals surface area contributed by atoms with Crippen LogP contribution in [0.3, 0.4) is 0 Å². The Morgan fingerprint density at radius 2 is 1.31 bits per heavy atom. The molecule has 0 aromatic carbocycles. The smallest absolute Gasteiger partial charge is 0.302 e. The van der Waals surface area contributed by atoms with E-state index in [1.54, 1.807) is 0 Å². The molecule has 0 aromatic heterocycles. The molecule has 4 nitrogen and oxygen atoms in total. The van der Waals surface area contributed by atoms with Crippen molar-refractivity contribution >= 4 is 7.82 Å². The predicted molar refractivity (Wildman–Crippen MR) is 60.8 cm³/mol. The van der Waals surface area contributed by atoms with Crippen molar-refractivity contribution in [2.45, 2.75) is 52.4 Å². The molecule has 0 radical (unpaired) electrons. The maximum absolute atomic E-state index is 11.3. The average Bonchev–Trinajstić information content (AvgIpc) is 2.20. The van der Waals surface area contributed by atoms with E-state index in [1.807, 2.05) is 0 Å². The Bertz CT molecular complexity index is 174. The van der Waals surface area contributed by atoms with Gasteiger partial charge in [0.05, 0.1) is 13.2 Å². The standard InChI is InChI=1S/C10H23O4P.Ni/c1-3-5-7-9-13-15(11,12)14-10-8-6-4-2;/h3-10H2,1-2H3,(H,11,12);. The number of hydrogen-bond donors (Lipinski definition) is 1. The molecular weight excluding hydrogens is 274 g/mol. The maximum Gasteiger partial charge on any atom is 0.472 e. The van der Waals surface area contributed by atoms with Gasteiger partial charge in [-0.2, -0.15) is 0 Å². The molecule has 0 aromatic rings. The van der Waals surface area contributed by atoms with Gasteiger partial charge in [-0.05, 0) is 12.8 Å². The Morgan fingerprint density at radius 3 is 1.62 bits per heavy atom. The molecule has 0 aliphatic heterocycles. The monoisotopic (exact) mass is 296 g/mol. The van der Waals surface area contributed by atoms with Gasteiger partial charge in [-0.3, -0.25) is 9.05 Å². The zero-order valence-electron chi connectivity index (χ0n) is 10.1. The van der Waals surface area contributed by atoms with E-state index in [1.165, 1.54) is 0 Å². The maximum atomic E-state index is 11.3. The molecule has 0 unspecified atom stereocenters. The molecule has 0 amide bonds. The van der Waals surface area contributed by atoms with E-state index in [0.29, 0.717) is 13.2 Å². The quantitative estimate of drug-likeness (QED) is 0.381. The van der Waals surface area contributed by atoms with Crippen LogP contribution >= 0.6 is 7.82 Å². The molecule has 0 rings (SSSR count). The van der Waals surface area contributed by atoms with Crippen LogP contribution in [0.4, 0.5) is 0 Å². The Kier molecular flexibility index (Phi) is 14.3. The third-order valence-electron chi connectivity index (χ3n) is 2.00. The Hall–Kier alpha value is 0.604. The summed E-state index contributed by atoms with van der Waals surface area (Å²) >= 11 is 0. The van der Waals surface area contributed by atoms with Crippen molar-refractivity contribution < 1.29 is 35.0 Å². The summed E-state index contributed by atoms with van der Waals surface area (Å²) in [6.07, 6.45) is 5.76. The number of rotatable bonds is 10. The third kappa shape index (κ3) is 12.7. The number of phosphoric acid groups is 1. The SMILES string of the molecule is CCCCCOP(=O)(O)OCCCCC.[Ni]. The van der Waals surface area contributed by atoms with Gasteiger partial charge in [-0.25, -0.2) is 4.57 Å². The van der Waals surface area contributed by atoms with E-state index in [-0.39, 0.29) is 16.5 Å². The average molecular weight is 297 g/mol. The predicted octanol–water partition coefficient (Wildman–Crippen LogP) is 3.50. The van der Waals surface area contributed by atoms with Gasteiger partial charge in [0.2, 0.25) is 0 Å². The molecule has 0 atom stereocenters. The summed E-state index contributed by atoms with van der Waals surface area (Å²) in [5.41, 5.74) is 0. The van der Waals surface area contributed by atoms with Crippen LogP contribution in [0.25, 0.3) is 0 Å². The van der Waals surface area contributed by atoms with Crippen molar-refractivity contribution in [1.82, 2.24) is 0 Å². The molecule has 0 fully saturated rings. The summed E-state index contributed by atoms with van der Waals surface area (Å²) in [7, 11) is -3.77. The van der Waals surface area contributed by atoms with Crippen LogP contribution in [0.15, 0.2) is 0 Å². The summed E-state index contributed by atoms with van der Waals surface area (Å²) in [6, 6.07) is 0. The molecule has 0 aliphatic carbocycles. The topological polar surface area (TPSA) is 55.8 Å². The molecule has 6 heteroatoms. The zero-order valence-corrected chi connectivity index (χ0v) is 12.0. The largest absolute Gasteiger partial charge is 0.472 e.